The van der Waals surface area contributed by atoms with Crippen molar-refractivity contribution in [2.75, 3.05) is 0 Å². The number of carboxylic acids is 1. The Bertz CT molecular complexity index is 862. The van der Waals surface area contributed by atoms with Gasteiger partial charge in [-0.2, -0.15) is 0 Å². The number of aryl methyl sites for hydroxylation is 1. The zero-order valence-corrected chi connectivity index (χ0v) is 16.8. The first-order valence-electron chi connectivity index (χ1n) is 8.17. The smallest absolute Gasteiger partial charge is 0.478 e. The third-order valence-corrected chi connectivity index (χ3v) is 3.84. The van der Waals surface area contributed by atoms with Crippen molar-refractivity contribution in [1.29, 1.82) is 0 Å². The van der Waals surface area contributed by atoms with Gasteiger partial charge in [0.2, 0.25) is 0 Å². The van der Waals surface area contributed by atoms with E-state index >= 15 is 0 Å². The molecule has 0 saturated carbocycles. The Hall–Kier alpha value is -2.51. The summed E-state index contributed by atoms with van der Waals surface area (Å²) in [7, 11) is -4.82. The summed E-state index contributed by atoms with van der Waals surface area (Å²) in [6.45, 7) is 7.86. The Morgan fingerprint density at radius 1 is 0.964 bits per heavy atom. The summed E-state index contributed by atoms with van der Waals surface area (Å²) in [5.74, 6) is -1.82. The van der Waals surface area contributed by atoms with Gasteiger partial charge in [-0.1, -0.05) is 55.8 Å². The molecule has 9 heteroatoms. The summed E-state index contributed by atoms with van der Waals surface area (Å²) in [4.78, 5) is 42.6. The van der Waals surface area contributed by atoms with Crippen molar-refractivity contribution >= 4 is 19.8 Å². The van der Waals surface area contributed by atoms with Crippen molar-refractivity contribution in [3.63, 3.8) is 0 Å². The molecule has 2 aromatic carbocycles. The van der Waals surface area contributed by atoms with E-state index in [1.165, 1.54) is 12.1 Å². The van der Waals surface area contributed by atoms with E-state index in [4.69, 9.17) is 14.9 Å². The molecule has 0 aromatic heterocycles. The van der Waals surface area contributed by atoms with Crippen LogP contribution in [0.2, 0.25) is 0 Å². The minimum Gasteiger partial charge on any atom is -0.478 e. The van der Waals surface area contributed by atoms with Crippen molar-refractivity contribution in [1.82, 2.24) is 0 Å². The molecule has 0 aliphatic carbocycles. The molecule has 8 nitrogen and oxygen atoms in total. The average Bonchev–Trinajstić information content (AvgIpc) is 2.59. The van der Waals surface area contributed by atoms with E-state index in [1.807, 2.05) is 26.8 Å². The molecule has 0 heterocycles. The third kappa shape index (κ3) is 8.02. The van der Waals surface area contributed by atoms with Crippen LogP contribution in [-0.4, -0.2) is 26.8 Å². The normalized spacial score (nSPS) is 11.2. The largest absolute Gasteiger partial charge is 0.505 e. The Morgan fingerprint density at radius 2 is 1.50 bits per heavy atom. The van der Waals surface area contributed by atoms with Crippen molar-refractivity contribution in [2.24, 2.45) is 0 Å². The number of carbonyl (C=O) groups is 2. The van der Waals surface area contributed by atoms with Gasteiger partial charge in [0.25, 0.3) is 0 Å². The van der Waals surface area contributed by atoms with E-state index < -0.39 is 19.8 Å². The molecule has 0 spiro atoms. The highest BCUT2D eigenvalue weighted by Gasteiger charge is 2.20. The van der Waals surface area contributed by atoms with E-state index in [-0.39, 0.29) is 11.0 Å². The van der Waals surface area contributed by atoms with Crippen molar-refractivity contribution in [2.45, 2.75) is 33.1 Å². The van der Waals surface area contributed by atoms with Gasteiger partial charge in [0, 0.05) is 0 Å². The summed E-state index contributed by atoms with van der Waals surface area (Å²) in [6.07, 6.45) is 0. The summed E-state index contributed by atoms with van der Waals surface area (Å²) >= 11 is 0. The molecule has 3 N–H and O–H groups in total. The predicted octanol–water partition coefficient (Wildman–Crippen LogP) is 3.86. The van der Waals surface area contributed by atoms with Crippen LogP contribution in [0.15, 0.2) is 48.5 Å². The number of rotatable bonds is 4. The molecule has 0 bridgehead atoms. The van der Waals surface area contributed by atoms with Gasteiger partial charge in [-0.25, -0.2) is 14.2 Å². The maximum Gasteiger partial charge on any atom is 0.505 e. The van der Waals surface area contributed by atoms with Crippen LogP contribution in [0, 0.1) is 6.92 Å². The molecule has 152 valence electrons. The highest BCUT2D eigenvalue weighted by atomic mass is 31.2. The topological polar surface area (TPSA) is 130 Å². The van der Waals surface area contributed by atoms with Gasteiger partial charge in [0.1, 0.15) is 0 Å². The number of aromatic carboxylic acids is 1. The summed E-state index contributed by atoms with van der Waals surface area (Å²) in [6, 6.07) is 13.4. The molecule has 0 aliphatic heterocycles. The molecule has 0 unspecified atom stereocenters. The zero-order chi connectivity index (χ0) is 21.5. The number of benzene rings is 2. The van der Waals surface area contributed by atoms with Crippen molar-refractivity contribution in [3.05, 3.63) is 70.8 Å². The number of carbonyl (C=O) groups excluding carboxylic acids is 1. The molecule has 0 fully saturated rings. The van der Waals surface area contributed by atoms with Crippen LogP contribution in [0.5, 0.6) is 0 Å². The fourth-order valence-corrected chi connectivity index (χ4v) is 2.21. The van der Waals surface area contributed by atoms with Crippen LogP contribution < -0.4 is 0 Å². The van der Waals surface area contributed by atoms with E-state index in [0.717, 1.165) is 11.1 Å². The summed E-state index contributed by atoms with van der Waals surface area (Å²) in [5.41, 5.74) is 2.30. The number of carboxylic acid groups (broad SMARTS) is 1. The molecule has 2 rings (SSSR count). The van der Waals surface area contributed by atoms with Crippen LogP contribution in [0.1, 0.15) is 52.6 Å². The lowest BCUT2D eigenvalue weighted by molar-refractivity contribution is -0.166. The number of hydrogen-bond acceptors (Lipinski definition) is 5. The minimum absolute atomic E-state index is 0.0508. The van der Waals surface area contributed by atoms with Gasteiger partial charge in [0.05, 0.1) is 11.1 Å². The highest BCUT2D eigenvalue weighted by Crippen LogP contribution is 2.36. The first-order valence-corrected chi connectivity index (χ1v) is 9.70. The van der Waals surface area contributed by atoms with Gasteiger partial charge in [-0.05, 0) is 41.7 Å². The zero-order valence-electron chi connectivity index (χ0n) is 15.9. The lowest BCUT2D eigenvalue weighted by atomic mass is 9.87. The fourth-order valence-electron chi connectivity index (χ4n) is 2.05. The Labute approximate surface area is 162 Å². The quantitative estimate of drug-likeness (QED) is 0.393. The van der Waals surface area contributed by atoms with Crippen LogP contribution in [0.3, 0.4) is 0 Å². The average molecular weight is 410 g/mol. The van der Waals surface area contributed by atoms with Gasteiger partial charge in [-0.15, -0.1) is 0 Å². The first kappa shape index (κ1) is 23.5. The highest BCUT2D eigenvalue weighted by molar-refractivity contribution is 7.46. The van der Waals surface area contributed by atoms with E-state index in [9.17, 15) is 14.2 Å². The van der Waals surface area contributed by atoms with Crippen LogP contribution in [0.25, 0.3) is 0 Å². The first-order chi connectivity index (χ1) is 12.8. The number of hydrogen-bond donors (Lipinski definition) is 3. The molecule has 0 amide bonds. The van der Waals surface area contributed by atoms with Crippen LogP contribution >= 0.6 is 7.82 Å². The molecule has 2 aromatic rings. The minimum atomic E-state index is -4.82. The van der Waals surface area contributed by atoms with Gasteiger partial charge < -0.3 is 14.9 Å². The molecule has 0 atom stereocenters. The second-order valence-corrected chi connectivity index (χ2v) is 8.01. The Kier molecular flexibility index (Phi) is 8.08. The monoisotopic (exact) mass is 410 g/mol. The fraction of sp³-hybridized carbons (Fsp3) is 0.263. The Morgan fingerprint density at radius 3 is 1.89 bits per heavy atom. The van der Waals surface area contributed by atoms with Gasteiger partial charge in [-0.3, -0.25) is 4.89 Å². The molecule has 0 radical (unpaired) electrons. The third-order valence-electron chi connectivity index (χ3n) is 3.57. The Balaban J connectivity index is 0.000000330. The standard InChI is InChI=1S/C11H15O6P.C8H8O2/c1-11(2,3)9-6-4-8(5-7-9)10(12)16-17-18(13,14)15;1-6-4-2-3-5-7(6)8(9)10/h4-7H,1-3H3,(H2,13,14,15);2-5H,1H3,(H,9,10). The summed E-state index contributed by atoms with van der Waals surface area (Å²) in [5, 5.41) is 8.57. The molecular formula is C19H23O8P. The lowest BCUT2D eigenvalue weighted by Crippen LogP contribution is -2.11. The van der Waals surface area contributed by atoms with Gasteiger partial charge >= 0.3 is 19.8 Å². The van der Waals surface area contributed by atoms with Crippen molar-refractivity contribution < 1.29 is 38.6 Å². The maximum atomic E-state index is 11.4. The molecular weight excluding hydrogens is 387 g/mol. The van der Waals surface area contributed by atoms with E-state index in [1.54, 1.807) is 37.3 Å². The molecule has 28 heavy (non-hydrogen) atoms. The number of phosphoric acid groups is 1. The maximum absolute atomic E-state index is 11.4. The van der Waals surface area contributed by atoms with Gasteiger partial charge in [0.15, 0.2) is 0 Å². The van der Waals surface area contributed by atoms with Crippen LogP contribution in [0.4, 0.5) is 0 Å². The second kappa shape index (κ2) is 9.61. The second-order valence-electron chi connectivity index (χ2n) is 6.88. The molecule has 0 aliphatic rings. The van der Waals surface area contributed by atoms with E-state index in [0.29, 0.717) is 5.56 Å². The van der Waals surface area contributed by atoms with Crippen LogP contribution in [-0.2, 0) is 19.5 Å². The van der Waals surface area contributed by atoms with E-state index in [2.05, 4.69) is 9.56 Å². The predicted molar refractivity (Wildman–Crippen MR) is 102 cm³/mol. The SMILES string of the molecule is CC(C)(C)c1ccc(C(=O)OOP(=O)(O)O)cc1.Cc1ccccc1C(=O)O. The van der Waals surface area contributed by atoms with Crippen molar-refractivity contribution in [3.8, 4) is 0 Å². The molecule has 0 saturated heterocycles. The summed E-state index contributed by atoms with van der Waals surface area (Å²) < 4.78 is 14.0. The lowest BCUT2D eigenvalue weighted by Gasteiger charge is -2.18.